The van der Waals surface area contributed by atoms with E-state index in [1.54, 1.807) is 31.2 Å². The lowest BCUT2D eigenvalue weighted by Gasteiger charge is -2.20. The van der Waals surface area contributed by atoms with Crippen molar-refractivity contribution >= 4 is 11.9 Å². The number of hydrogen-bond acceptors (Lipinski definition) is 2. The molecule has 0 aliphatic carbocycles. The molecule has 2 atom stereocenters. The van der Waals surface area contributed by atoms with Crippen LogP contribution in [-0.2, 0) is 4.79 Å². The molecule has 2 aromatic rings. The molecule has 0 spiro atoms. The molecule has 2 aromatic carbocycles. The number of primary amides is 1. The molecule has 0 saturated carbocycles. The summed E-state index contributed by atoms with van der Waals surface area (Å²) in [5, 5.41) is 4.99. The second-order valence-electron chi connectivity index (χ2n) is 5.60. The van der Waals surface area contributed by atoms with Gasteiger partial charge in [-0.25, -0.2) is 13.6 Å². The van der Waals surface area contributed by atoms with Crippen LogP contribution in [0.15, 0.2) is 48.5 Å². The molecular formula is C18H19F2N3O2. The van der Waals surface area contributed by atoms with Crippen molar-refractivity contribution in [2.24, 2.45) is 5.73 Å². The monoisotopic (exact) mass is 347 g/mol. The van der Waals surface area contributed by atoms with E-state index in [9.17, 15) is 18.4 Å². The third-order valence-corrected chi connectivity index (χ3v) is 3.74. The summed E-state index contributed by atoms with van der Waals surface area (Å²) in [5.74, 6) is -1.47. The number of benzene rings is 2. The summed E-state index contributed by atoms with van der Waals surface area (Å²) >= 11 is 0. The average Bonchev–Trinajstić information content (AvgIpc) is 2.54. The van der Waals surface area contributed by atoms with Gasteiger partial charge in [-0.05, 0) is 19.1 Å². The first-order valence-corrected chi connectivity index (χ1v) is 7.72. The average molecular weight is 347 g/mol. The summed E-state index contributed by atoms with van der Waals surface area (Å²) in [7, 11) is 0. The van der Waals surface area contributed by atoms with Crippen molar-refractivity contribution in [1.29, 1.82) is 0 Å². The van der Waals surface area contributed by atoms with Crippen molar-refractivity contribution in [3.05, 3.63) is 71.3 Å². The highest BCUT2D eigenvalue weighted by Crippen LogP contribution is 2.21. The normalized spacial score (nSPS) is 12.9. The minimum atomic E-state index is -0.925. The van der Waals surface area contributed by atoms with Crippen LogP contribution in [0.4, 0.5) is 13.6 Å². The maximum absolute atomic E-state index is 13.9. The molecule has 5 nitrogen and oxygen atoms in total. The van der Waals surface area contributed by atoms with Gasteiger partial charge in [-0.1, -0.05) is 36.4 Å². The minimum Gasteiger partial charge on any atom is -0.352 e. The molecule has 25 heavy (non-hydrogen) atoms. The SMILES string of the molecule is C[C@H](NC(=O)C[C@H](NC(N)=O)c1ccccc1F)c1ccccc1F. The van der Waals surface area contributed by atoms with Crippen molar-refractivity contribution in [1.82, 2.24) is 10.6 Å². The van der Waals surface area contributed by atoms with E-state index in [4.69, 9.17) is 5.73 Å². The van der Waals surface area contributed by atoms with Gasteiger partial charge >= 0.3 is 6.03 Å². The maximum atomic E-state index is 13.9. The summed E-state index contributed by atoms with van der Waals surface area (Å²) in [6.45, 7) is 1.63. The highest BCUT2D eigenvalue weighted by atomic mass is 19.1. The van der Waals surface area contributed by atoms with Gasteiger partial charge in [0.1, 0.15) is 11.6 Å². The fourth-order valence-electron chi connectivity index (χ4n) is 2.56. The van der Waals surface area contributed by atoms with Gasteiger partial charge in [0.15, 0.2) is 0 Å². The maximum Gasteiger partial charge on any atom is 0.312 e. The molecule has 0 fully saturated rings. The van der Waals surface area contributed by atoms with Crippen molar-refractivity contribution in [2.45, 2.75) is 25.4 Å². The van der Waals surface area contributed by atoms with Crippen LogP contribution in [0.1, 0.15) is 36.6 Å². The number of hydrogen-bond donors (Lipinski definition) is 3. The molecule has 0 saturated heterocycles. The Balaban J connectivity index is 2.11. The fourth-order valence-corrected chi connectivity index (χ4v) is 2.56. The van der Waals surface area contributed by atoms with Crippen LogP contribution in [0.25, 0.3) is 0 Å². The van der Waals surface area contributed by atoms with Crippen molar-refractivity contribution in [3.63, 3.8) is 0 Å². The van der Waals surface area contributed by atoms with E-state index < -0.39 is 35.7 Å². The van der Waals surface area contributed by atoms with E-state index >= 15 is 0 Å². The second kappa shape index (κ2) is 8.23. The van der Waals surface area contributed by atoms with E-state index in [2.05, 4.69) is 10.6 Å². The van der Waals surface area contributed by atoms with Crippen molar-refractivity contribution in [2.75, 3.05) is 0 Å². The summed E-state index contributed by atoms with van der Waals surface area (Å²) in [6, 6.07) is 9.49. The molecule has 132 valence electrons. The Hall–Kier alpha value is -2.96. The first kappa shape index (κ1) is 18.4. The van der Waals surface area contributed by atoms with Crippen LogP contribution < -0.4 is 16.4 Å². The van der Waals surface area contributed by atoms with Crippen molar-refractivity contribution < 1.29 is 18.4 Å². The third-order valence-electron chi connectivity index (χ3n) is 3.74. The fraction of sp³-hybridized carbons (Fsp3) is 0.222. The molecular weight excluding hydrogens is 328 g/mol. The predicted octanol–water partition coefficient (Wildman–Crippen LogP) is 2.94. The van der Waals surface area contributed by atoms with Gasteiger partial charge in [0.2, 0.25) is 5.91 Å². The molecule has 7 heteroatoms. The van der Waals surface area contributed by atoms with Gasteiger partial charge < -0.3 is 16.4 Å². The zero-order valence-corrected chi connectivity index (χ0v) is 13.6. The molecule has 0 unspecified atom stereocenters. The number of carbonyl (C=O) groups is 2. The molecule has 4 N–H and O–H groups in total. The summed E-state index contributed by atoms with van der Waals surface area (Å²) in [5.41, 5.74) is 5.60. The van der Waals surface area contributed by atoms with Crippen molar-refractivity contribution in [3.8, 4) is 0 Å². The Morgan fingerprint density at radius 1 is 0.960 bits per heavy atom. The van der Waals surface area contributed by atoms with E-state index in [1.165, 1.54) is 24.3 Å². The summed E-state index contributed by atoms with van der Waals surface area (Å²) < 4.78 is 27.7. The van der Waals surface area contributed by atoms with E-state index in [-0.39, 0.29) is 12.0 Å². The zero-order chi connectivity index (χ0) is 18.4. The van der Waals surface area contributed by atoms with Gasteiger partial charge in [-0.2, -0.15) is 0 Å². The lowest BCUT2D eigenvalue weighted by atomic mass is 10.0. The molecule has 0 aliphatic rings. The van der Waals surface area contributed by atoms with Crippen LogP contribution in [0.2, 0.25) is 0 Å². The predicted molar refractivity (Wildman–Crippen MR) is 89.4 cm³/mol. The summed E-state index contributed by atoms with van der Waals surface area (Å²) in [6.07, 6.45) is -0.233. The molecule has 3 amide bonds. The standard InChI is InChI=1S/C18H19F2N3O2/c1-11(12-6-2-4-8-14(12)19)22-17(24)10-16(23-18(21)25)13-7-3-5-9-15(13)20/h2-9,11,16H,10H2,1H3,(H,22,24)(H3,21,23,25)/t11-,16-/m0/s1. The van der Waals surface area contributed by atoms with Gasteiger partial charge in [0, 0.05) is 11.1 Å². The van der Waals surface area contributed by atoms with Crippen LogP contribution in [-0.4, -0.2) is 11.9 Å². The quantitative estimate of drug-likeness (QED) is 0.751. The first-order chi connectivity index (χ1) is 11.9. The lowest BCUT2D eigenvalue weighted by Crippen LogP contribution is -2.37. The van der Waals surface area contributed by atoms with Crippen LogP contribution >= 0.6 is 0 Å². The minimum absolute atomic E-state index is 0.148. The number of rotatable bonds is 6. The number of halogens is 2. The zero-order valence-electron chi connectivity index (χ0n) is 13.6. The Bertz CT molecular complexity index is 767. The smallest absolute Gasteiger partial charge is 0.312 e. The van der Waals surface area contributed by atoms with E-state index in [1.807, 2.05) is 0 Å². The van der Waals surface area contributed by atoms with Gasteiger partial charge in [0.25, 0.3) is 0 Å². The molecule has 0 bridgehead atoms. The molecule has 2 rings (SSSR count). The highest BCUT2D eigenvalue weighted by Gasteiger charge is 2.22. The van der Waals surface area contributed by atoms with Gasteiger partial charge in [0.05, 0.1) is 18.5 Å². The largest absolute Gasteiger partial charge is 0.352 e. The van der Waals surface area contributed by atoms with Gasteiger partial charge in [-0.15, -0.1) is 0 Å². The number of nitrogens with one attached hydrogen (secondary N) is 2. The molecule has 0 heterocycles. The number of urea groups is 1. The Kier molecular flexibility index (Phi) is 6.05. The van der Waals surface area contributed by atoms with Gasteiger partial charge in [-0.3, -0.25) is 4.79 Å². The molecule has 0 radical (unpaired) electrons. The van der Waals surface area contributed by atoms with Crippen LogP contribution in [0.3, 0.4) is 0 Å². The number of nitrogens with two attached hydrogens (primary N) is 1. The third kappa shape index (κ3) is 5.00. The Morgan fingerprint density at radius 3 is 2.00 bits per heavy atom. The Morgan fingerprint density at radius 2 is 1.48 bits per heavy atom. The van der Waals surface area contributed by atoms with E-state index in [0.29, 0.717) is 5.56 Å². The highest BCUT2D eigenvalue weighted by molar-refractivity contribution is 5.79. The lowest BCUT2D eigenvalue weighted by molar-refractivity contribution is -0.122. The second-order valence-corrected chi connectivity index (χ2v) is 5.60. The molecule has 0 aliphatic heterocycles. The van der Waals surface area contributed by atoms with Crippen LogP contribution in [0.5, 0.6) is 0 Å². The van der Waals surface area contributed by atoms with Crippen LogP contribution in [0, 0.1) is 11.6 Å². The Labute approximate surface area is 144 Å². The molecule has 0 aromatic heterocycles. The topological polar surface area (TPSA) is 84.2 Å². The van der Waals surface area contributed by atoms with E-state index in [0.717, 1.165) is 0 Å². The summed E-state index contributed by atoms with van der Waals surface area (Å²) in [4.78, 5) is 23.4. The number of carbonyl (C=O) groups excluding carboxylic acids is 2. The number of amides is 3. The first-order valence-electron chi connectivity index (χ1n) is 7.72.